The molecule has 3 heterocycles. The Labute approximate surface area is 69.4 Å². The van der Waals surface area contributed by atoms with E-state index < -0.39 is 25.2 Å². The van der Waals surface area contributed by atoms with Gasteiger partial charge in [0.2, 0.25) is 0 Å². The first kappa shape index (κ1) is 6.33. The molecule has 0 saturated carbocycles. The molecule has 4 nitrogen and oxygen atoms in total. The summed E-state index contributed by atoms with van der Waals surface area (Å²) in [5, 5.41) is 0. The van der Waals surface area contributed by atoms with Crippen molar-refractivity contribution in [3.63, 3.8) is 0 Å². The first-order chi connectivity index (χ1) is 4.70. The molecule has 0 radical (unpaired) electrons. The number of fused-ring (bicyclic) bond motifs is 2. The van der Waals surface area contributed by atoms with E-state index in [1.165, 1.54) is 2.33 Å². The zero-order valence-electron chi connectivity index (χ0n) is 5.50. The van der Waals surface area contributed by atoms with Crippen LogP contribution >= 0.6 is 0 Å². The minimum atomic E-state index is -1.39. The van der Waals surface area contributed by atoms with Crippen molar-refractivity contribution in [3.8, 4) is 0 Å². The molecule has 0 unspecified atom stereocenters. The molecule has 5 heteroatoms. The van der Waals surface area contributed by atoms with Gasteiger partial charge in [-0.25, -0.2) is 0 Å². The van der Waals surface area contributed by atoms with Gasteiger partial charge in [0.05, 0.1) is 0 Å². The third-order valence-electron chi connectivity index (χ3n) is 1.70. The minimum absolute atomic E-state index is 0.0610. The standard InChI is InChI=1S/C5H6N2O2.Hg/c1-3-2-6-5(9)7-4(3)8;/h2H,1H3,(H2,6,7,8,9);/q;+2/p-2. The predicted molar refractivity (Wildman–Crippen MR) is 30.5 cm³/mol. The van der Waals surface area contributed by atoms with E-state index in [4.69, 9.17) is 0 Å². The Morgan fingerprint density at radius 1 is 1.50 bits per heavy atom. The zero-order valence-corrected chi connectivity index (χ0v) is 11.0. The van der Waals surface area contributed by atoms with Crippen molar-refractivity contribution in [2.24, 2.45) is 0 Å². The maximum atomic E-state index is 11.0. The van der Waals surface area contributed by atoms with Crippen LogP contribution in [0.2, 0.25) is 0 Å². The number of hydrogen-bond donors (Lipinski definition) is 0. The third-order valence-corrected chi connectivity index (χ3v) is 7.92. The van der Waals surface area contributed by atoms with E-state index in [1.54, 1.807) is 15.5 Å². The summed E-state index contributed by atoms with van der Waals surface area (Å²) in [5.41, 5.74) is 0.525. The SMILES string of the molecule is Cc1c[n]2c(=O)[n](c1=O)[Hg]2. The molecule has 2 aliphatic rings. The van der Waals surface area contributed by atoms with Crippen LogP contribution in [0, 0.1) is 6.92 Å². The van der Waals surface area contributed by atoms with Gasteiger partial charge in [0, 0.05) is 0 Å². The first-order valence-electron chi connectivity index (χ1n) is 3.01. The number of aryl methyl sites for hydroxylation is 1. The van der Waals surface area contributed by atoms with Gasteiger partial charge in [-0.1, -0.05) is 0 Å². The van der Waals surface area contributed by atoms with Crippen LogP contribution < -0.4 is 11.2 Å². The summed E-state index contributed by atoms with van der Waals surface area (Å²) in [4.78, 5) is 21.9. The topological polar surface area (TPSA) is 44.0 Å². The second kappa shape index (κ2) is 1.81. The summed E-state index contributed by atoms with van der Waals surface area (Å²) in [6, 6.07) is 0. The average Bonchev–Trinajstić information content (AvgIpc) is 1.92. The van der Waals surface area contributed by atoms with E-state index in [-0.39, 0.29) is 11.2 Å². The fourth-order valence-corrected chi connectivity index (χ4v) is 6.45. The molecular weight excluding hydrogens is 321 g/mol. The molecule has 0 amide bonds. The average molecular weight is 325 g/mol. The molecule has 48 valence electrons. The van der Waals surface area contributed by atoms with Crippen LogP contribution in [0.5, 0.6) is 0 Å². The van der Waals surface area contributed by atoms with E-state index in [9.17, 15) is 9.59 Å². The summed E-state index contributed by atoms with van der Waals surface area (Å²) in [6.45, 7) is 1.74. The van der Waals surface area contributed by atoms with E-state index in [1.807, 2.05) is 0 Å². The maximum absolute atomic E-state index is 11.0. The van der Waals surface area contributed by atoms with Crippen LogP contribution in [0.3, 0.4) is 0 Å². The molecule has 10 heavy (non-hydrogen) atoms. The van der Waals surface area contributed by atoms with Gasteiger partial charge in [-0.05, 0) is 0 Å². The molecule has 0 aromatic carbocycles. The second-order valence-electron chi connectivity index (χ2n) is 2.44. The van der Waals surface area contributed by atoms with Crippen LogP contribution in [-0.4, -0.2) is 4.66 Å². The molecule has 0 saturated heterocycles. The van der Waals surface area contributed by atoms with Crippen LogP contribution in [0.25, 0.3) is 0 Å². The fraction of sp³-hybridized carbons (Fsp3) is 0.200. The van der Waals surface area contributed by atoms with Crippen molar-refractivity contribution < 1.29 is 25.2 Å². The van der Waals surface area contributed by atoms with E-state index in [2.05, 4.69) is 0 Å². The molecule has 3 rings (SSSR count). The van der Waals surface area contributed by atoms with Crippen molar-refractivity contribution in [2.75, 3.05) is 0 Å². The Morgan fingerprint density at radius 3 is 2.60 bits per heavy atom. The first-order valence-corrected chi connectivity index (χ1v) is 7.93. The monoisotopic (exact) mass is 326 g/mol. The molecule has 1 aromatic rings. The van der Waals surface area contributed by atoms with Crippen LogP contribution in [-0.2, 0) is 25.2 Å². The van der Waals surface area contributed by atoms with E-state index in [0.29, 0.717) is 5.56 Å². The Balaban J connectivity index is 3.00. The van der Waals surface area contributed by atoms with Gasteiger partial charge in [0.15, 0.2) is 0 Å². The summed E-state index contributed by atoms with van der Waals surface area (Å²) in [6.07, 6.45) is 1.69. The zero-order chi connectivity index (χ0) is 7.30. The van der Waals surface area contributed by atoms with Gasteiger partial charge in [0.1, 0.15) is 0 Å². The van der Waals surface area contributed by atoms with Crippen molar-refractivity contribution in [1.82, 2.24) is 4.66 Å². The Kier molecular flexibility index (Phi) is 1.15. The van der Waals surface area contributed by atoms with Crippen LogP contribution in [0.15, 0.2) is 15.8 Å². The molecule has 2 bridgehead atoms. The number of rotatable bonds is 0. The molecule has 2 aliphatic heterocycles. The normalized spacial score (nSPS) is 11.3. The van der Waals surface area contributed by atoms with E-state index >= 15 is 0 Å². The van der Waals surface area contributed by atoms with Crippen molar-refractivity contribution in [2.45, 2.75) is 6.92 Å². The number of nitrogens with zero attached hydrogens (tertiary/aromatic N) is 2. The van der Waals surface area contributed by atoms with Gasteiger partial charge >= 0.3 is 69.4 Å². The van der Waals surface area contributed by atoms with Gasteiger partial charge in [-0.15, -0.1) is 0 Å². The Morgan fingerprint density at radius 2 is 2.20 bits per heavy atom. The molecule has 1 aromatic heterocycles. The summed E-state index contributed by atoms with van der Waals surface area (Å²) in [5.74, 6) is 0. The molecule has 0 fully saturated rings. The van der Waals surface area contributed by atoms with Gasteiger partial charge < -0.3 is 0 Å². The Hall–Kier alpha value is -0.385. The molecule has 0 spiro atoms. The molecular formula is C5H4HgN2O2. The second-order valence-corrected chi connectivity index (χ2v) is 8.65. The molecule has 0 atom stereocenters. The van der Waals surface area contributed by atoms with Gasteiger partial charge in [-0.3, -0.25) is 0 Å². The molecule has 0 aliphatic carbocycles. The third kappa shape index (κ3) is 0.598. The summed E-state index contributed by atoms with van der Waals surface area (Å²) >= 11 is -1.39. The quantitative estimate of drug-likeness (QED) is 0.580. The van der Waals surface area contributed by atoms with Crippen LogP contribution in [0.4, 0.5) is 0 Å². The Bertz CT molecular complexity index is 402. The summed E-state index contributed by atoms with van der Waals surface area (Å²) < 4.78 is 3.17. The van der Waals surface area contributed by atoms with Crippen molar-refractivity contribution >= 4 is 0 Å². The van der Waals surface area contributed by atoms with Gasteiger partial charge in [0.25, 0.3) is 0 Å². The predicted octanol–water partition coefficient (Wildman–Crippen LogP) is -1.06. The summed E-state index contributed by atoms with van der Waals surface area (Å²) in [7, 11) is 0. The van der Waals surface area contributed by atoms with Crippen molar-refractivity contribution in [1.29, 1.82) is 0 Å². The molecule has 0 N–H and O–H groups in total. The number of aromatic nitrogens is 2. The van der Waals surface area contributed by atoms with Gasteiger partial charge in [-0.2, -0.15) is 0 Å². The number of hydrogen-bond acceptors (Lipinski definition) is 2. The van der Waals surface area contributed by atoms with Crippen LogP contribution in [0.1, 0.15) is 5.56 Å². The fourth-order valence-electron chi connectivity index (χ4n) is 1.10. The van der Waals surface area contributed by atoms with Crippen molar-refractivity contribution in [3.05, 3.63) is 32.6 Å². The van der Waals surface area contributed by atoms with E-state index in [0.717, 1.165) is 0 Å².